The van der Waals surface area contributed by atoms with E-state index in [1.165, 1.54) is 17.7 Å². The van der Waals surface area contributed by atoms with Crippen molar-refractivity contribution in [1.29, 1.82) is 0 Å². The van der Waals surface area contributed by atoms with Crippen LogP contribution >= 0.6 is 0 Å². The number of nitrogens with zero attached hydrogens (tertiary/aromatic N) is 2. The molecule has 30 heavy (non-hydrogen) atoms. The van der Waals surface area contributed by atoms with Crippen LogP contribution in [0.3, 0.4) is 0 Å². The molecule has 5 nitrogen and oxygen atoms in total. The smallest absolute Gasteiger partial charge is 0.266 e. The van der Waals surface area contributed by atoms with Crippen LogP contribution in [0.1, 0.15) is 11.4 Å². The molecule has 1 aromatic heterocycles. The number of fused-ring (bicyclic) bond motifs is 1. The molecule has 3 aromatic carbocycles. The van der Waals surface area contributed by atoms with Crippen molar-refractivity contribution in [3.05, 3.63) is 94.3 Å². The SMILES string of the molecule is COc1ccc(-n2c(/C=C\c3ccccc3F)nc3ccccc3c2=O)cc1OC. The first-order chi connectivity index (χ1) is 14.6. The number of aromatic nitrogens is 2. The summed E-state index contributed by atoms with van der Waals surface area (Å²) in [6.07, 6.45) is 3.23. The second-order valence-electron chi connectivity index (χ2n) is 6.52. The number of methoxy groups -OCH3 is 2. The van der Waals surface area contributed by atoms with Crippen molar-refractivity contribution in [2.75, 3.05) is 14.2 Å². The van der Waals surface area contributed by atoms with E-state index in [4.69, 9.17) is 9.47 Å². The van der Waals surface area contributed by atoms with Crippen molar-refractivity contribution in [3.63, 3.8) is 0 Å². The van der Waals surface area contributed by atoms with E-state index in [0.717, 1.165) is 0 Å². The van der Waals surface area contributed by atoms with Gasteiger partial charge in [-0.15, -0.1) is 0 Å². The molecule has 4 rings (SSSR count). The van der Waals surface area contributed by atoms with Gasteiger partial charge in [-0.05, 0) is 42.5 Å². The molecule has 0 aliphatic carbocycles. The van der Waals surface area contributed by atoms with E-state index < -0.39 is 0 Å². The summed E-state index contributed by atoms with van der Waals surface area (Å²) in [5.74, 6) is 1.05. The standard InChI is InChI=1S/C24H19FN2O3/c1-29-21-13-12-17(15-22(21)30-2)27-23(14-11-16-7-3-5-9-19(16)25)26-20-10-6-4-8-18(20)24(27)28/h3-15H,1-2H3/b14-11-. The van der Waals surface area contributed by atoms with Gasteiger partial charge in [-0.2, -0.15) is 0 Å². The van der Waals surface area contributed by atoms with E-state index in [1.807, 2.05) is 6.07 Å². The minimum absolute atomic E-state index is 0.235. The lowest BCUT2D eigenvalue weighted by molar-refractivity contribution is 0.355. The summed E-state index contributed by atoms with van der Waals surface area (Å²) < 4.78 is 26.2. The molecule has 0 aliphatic rings. The van der Waals surface area contributed by atoms with Crippen LogP contribution in [0, 0.1) is 5.82 Å². The van der Waals surface area contributed by atoms with Gasteiger partial charge in [0.2, 0.25) is 0 Å². The topological polar surface area (TPSA) is 53.4 Å². The number of hydrogen-bond donors (Lipinski definition) is 0. The fraction of sp³-hybridized carbons (Fsp3) is 0.0833. The summed E-state index contributed by atoms with van der Waals surface area (Å²) in [4.78, 5) is 18.0. The Morgan fingerprint density at radius 2 is 1.63 bits per heavy atom. The van der Waals surface area contributed by atoms with Crippen molar-refractivity contribution >= 4 is 23.1 Å². The number of para-hydroxylation sites is 1. The first-order valence-corrected chi connectivity index (χ1v) is 9.29. The molecule has 0 atom stereocenters. The highest BCUT2D eigenvalue weighted by Crippen LogP contribution is 2.29. The summed E-state index contributed by atoms with van der Waals surface area (Å²) in [5, 5.41) is 0.482. The molecule has 1 heterocycles. The van der Waals surface area contributed by atoms with Gasteiger partial charge in [0, 0.05) is 11.6 Å². The molecule has 4 aromatic rings. The third-order valence-electron chi connectivity index (χ3n) is 4.74. The summed E-state index contributed by atoms with van der Waals surface area (Å²) in [6.45, 7) is 0. The number of rotatable bonds is 5. The van der Waals surface area contributed by atoms with Gasteiger partial charge in [0.05, 0.1) is 30.8 Å². The minimum atomic E-state index is -0.352. The third-order valence-corrected chi connectivity index (χ3v) is 4.74. The molecule has 0 amide bonds. The highest BCUT2D eigenvalue weighted by atomic mass is 19.1. The van der Waals surface area contributed by atoms with E-state index in [-0.39, 0.29) is 11.4 Å². The summed E-state index contributed by atoms with van der Waals surface area (Å²) >= 11 is 0. The van der Waals surface area contributed by atoms with Gasteiger partial charge in [-0.3, -0.25) is 9.36 Å². The number of benzene rings is 3. The largest absolute Gasteiger partial charge is 0.493 e. The molecule has 150 valence electrons. The lowest BCUT2D eigenvalue weighted by atomic mass is 10.2. The zero-order chi connectivity index (χ0) is 21.1. The summed E-state index contributed by atoms with van der Waals surface area (Å²) in [7, 11) is 3.08. The molecule has 0 bridgehead atoms. The van der Waals surface area contributed by atoms with Gasteiger partial charge in [0.1, 0.15) is 11.6 Å². The zero-order valence-electron chi connectivity index (χ0n) is 16.5. The van der Waals surface area contributed by atoms with Crippen LogP contribution in [0.5, 0.6) is 11.5 Å². The molecule has 0 saturated carbocycles. The Balaban J connectivity index is 1.96. The van der Waals surface area contributed by atoms with Crippen LogP contribution in [0.2, 0.25) is 0 Å². The van der Waals surface area contributed by atoms with Gasteiger partial charge in [-0.25, -0.2) is 9.37 Å². The zero-order valence-corrected chi connectivity index (χ0v) is 16.5. The van der Waals surface area contributed by atoms with Crippen LogP contribution in [0.25, 0.3) is 28.7 Å². The highest BCUT2D eigenvalue weighted by molar-refractivity contribution is 5.80. The number of ether oxygens (including phenoxy) is 2. The van der Waals surface area contributed by atoms with E-state index in [9.17, 15) is 9.18 Å². The molecule has 0 unspecified atom stereocenters. The van der Waals surface area contributed by atoms with E-state index in [2.05, 4.69) is 4.98 Å². The van der Waals surface area contributed by atoms with Crippen LogP contribution in [-0.2, 0) is 0 Å². The van der Waals surface area contributed by atoms with E-state index in [0.29, 0.717) is 39.5 Å². The average Bonchev–Trinajstić information content (AvgIpc) is 2.78. The predicted octanol–water partition coefficient (Wildman–Crippen LogP) is 4.71. The lowest BCUT2D eigenvalue weighted by Gasteiger charge is -2.14. The monoisotopic (exact) mass is 402 g/mol. The Kier molecular flexibility index (Phi) is 5.30. The maximum atomic E-state index is 14.1. The minimum Gasteiger partial charge on any atom is -0.493 e. The van der Waals surface area contributed by atoms with Crippen molar-refractivity contribution < 1.29 is 13.9 Å². The van der Waals surface area contributed by atoms with Gasteiger partial charge in [-0.1, -0.05) is 30.3 Å². The first kappa shape index (κ1) is 19.4. The van der Waals surface area contributed by atoms with E-state index in [1.54, 1.807) is 73.9 Å². The number of halogens is 1. The quantitative estimate of drug-likeness (QED) is 0.485. The maximum absolute atomic E-state index is 14.1. The van der Waals surface area contributed by atoms with Crippen molar-refractivity contribution in [3.8, 4) is 17.2 Å². The molecule has 0 fully saturated rings. The first-order valence-electron chi connectivity index (χ1n) is 9.29. The Bertz CT molecular complexity index is 1310. The number of hydrogen-bond acceptors (Lipinski definition) is 4. The molecular formula is C24H19FN2O3. The predicted molar refractivity (Wildman–Crippen MR) is 116 cm³/mol. The van der Waals surface area contributed by atoms with Crippen LogP contribution in [0.4, 0.5) is 4.39 Å². The average molecular weight is 402 g/mol. The molecule has 0 radical (unpaired) electrons. The molecule has 0 spiro atoms. The Hall–Kier alpha value is -3.93. The molecule has 6 heteroatoms. The fourth-order valence-electron chi connectivity index (χ4n) is 3.25. The van der Waals surface area contributed by atoms with Crippen LogP contribution < -0.4 is 15.0 Å². The van der Waals surface area contributed by atoms with Gasteiger partial charge >= 0.3 is 0 Å². The Morgan fingerprint density at radius 1 is 0.900 bits per heavy atom. The van der Waals surface area contributed by atoms with Crippen molar-refractivity contribution in [2.45, 2.75) is 0 Å². The van der Waals surface area contributed by atoms with Crippen LogP contribution in [0.15, 0.2) is 71.5 Å². The second kappa shape index (κ2) is 8.21. The molecule has 0 N–H and O–H groups in total. The third kappa shape index (κ3) is 3.55. The Labute approximate surface area is 172 Å². The molecule has 0 aliphatic heterocycles. The molecule has 0 saturated heterocycles. The van der Waals surface area contributed by atoms with Crippen LogP contribution in [-0.4, -0.2) is 23.8 Å². The summed E-state index contributed by atoms with van der Waals surface area (Å²) in [6, 6.07) is 18.7. The normalized spacial score (nSPS) is 11.2. The van der Waals surface area contributed by atoms with Crippen molar-refractivity contribution in [1.82, 2.24) is 9.55 Å². The highest BCUT2D eigenvalue weighted by Gasteiger charge is 2.13. The van der Waals surface area contributed by atoms with E-state index >= 15 is 0 Å². The fourth-order valence-corrected chi connectivity index (χ4v) is 3.25. The maximum Gasteiger partial charge on any atom is 0.266 e. The van der Waals surface area contributed by atoms with Gasteiger partial charge in [0.25, 0.3) is 5.56 Å². The second-order valence-corrected chi connectivity index (χ2v) is 6.52. The summed E-state index contributed by atoms with van der Waals surface area (Å²) in [5.41, 5.74) is 1.29. The van der Waals surface area contributed by atoms with Gasteiger partial charge < -0.3 is 9.47 Å². The Morgan fingerprint density at radius 3 is 2.40 bits per heavy atom. The molecular weight excluding hydrogens is 383 g/mol. The van der Waals surface area contributed by atoms with Crippen molar-refractivity contribution in [2.24, 2.45) is 0 Å². The van der Waals surface area contributed by atoms with Gasteiger partial charge in [0.15, 0.2) is 11.5 Å². The lowest BCUT2D eigenvalue weighted by Crippen LogP contribution is -2.22.